The average molecular weight is 243 g/mol. The molecule has 0 bridgehead atoms. The van der Waals surface area contributed by atoms with E-state index in [-0.39, 0.29) is 6.42 Å². The van der Waals surface area contributed by atoms with Gasteiger partial charge in [-0.15, -0.1) is 0 Å². The molecule has 1 unspecified atom stereocenters. The lowest BCUT2D eigenvalue weighted by molar-refractivity contribution is 0.111. The second-order valence-corrected chi connectivity index (χ2v) is 5.56. The molecular weight excluding hydrogens is 226 g/mol. The molecule has 0 saturated heterocycles. The molecule has 4 nitrogen and oxygen atoms in total. The molecule has 0 amide bonds. The first kappa shape index (κ1) is 13.2. The highest BCUT2D eigenvalue weighted by atomic mass is 32.2. The summed E-state index contributed by atoms with van der Waals surface area (Å²) in [5.41, 5.74) is 0.325. The number of hydrogen-bond acceptors (Lipinski definition) is 3. The maximum atomic E-state index is 11.5. The summed E-state index contributed by atoms with van der Waals surface area (Å²) in [5.74, 6) is 0. The molecule has 0 aliphatic carbocycles. The third kappa shape index (κ3) is 2.61. The molecule has 0 fully saturated rings. The Hall–Kier alpha value is -0.910. The topological polar surface area (TPSA) is 80.4 Å². The molecule has 0 heterocycles. The largest absolute Gasteiger partial charge is 0.370 e. The van der Waals surface area contributed by atoms with Crippen LogP contribution in [0, 0.1) is 0 Å². The van der Waals surface area contributed by atoms with Crippen molar-refractivity contribution in [1.29, 1.82) is 0 Å². The summed E-state index contributed by atoms with van der Waals surface area (Å²) in [4.78, 5) is -1.97. The summed E-state index contributed by atoms with van der Waals surface area (Å²) in [6, 6.07) is 8.25. The highest BCUT2D eigenvalue weighted by Gasteiger charge is 2.40. The fraction of sp³-hybridized carbons (Fsp3) is 0.455. The van der Waals surface area contributed by atoms with E-state index in [9.17, 15) is 13.5 Å². The van der Waals surface area contributed by atoms with Gasteiger partial charge in [0, 0.05) is 5.56 Å². The van der Waals surface area contributed by atoms with Crippen LogP contribution in [0.5, 0.6) is 0 Å². The van der Waals surface area contributed by atoms with Crippen LogP contribution < -0.4 is 5.14 Å². The molecule has 0 radical (unpaired) electrons. The third-order valence-electron chi connectivity index (χ3n) is 2.56. The minimum atomic E-state index is -4.03. The number of rotatable bonds is 5. The fourth-order valence-electron chi connectivity index (χ4n) is 1.57. The molecule has 1 rings (SSSR count). The van der Waals surface area contributed by atoms with Gasteiger partial charge in [-0.2, -0.15) is 0 Å². The van der Waals surface area contributed by atoms with Crippen LogP contribution in [0.15, 0.2) is 30.3 Å². The van der Waals surface area contributed by atoms with Gasteiger partial charge >= 0.3 is 0 Å². The molecule has 0 aliphatic rings. The van der Waals surface area contributed by atoms with Crippen molar-refractivity contribution in [2.45, 2.75) is 31.1 Å². The first-order valence-corrected chi connectivity index (χ1v) is 6.76. The molecule has 1 aromatic rings. The molecule has 0 spiro atoms. The number of primary sulfonamides is 1. The van der Waals surface area contributed by atoms with Crippen molar-refractivity contribution in [3.8, 4) is 0 Å². The highest BCUT2D eigenvalue weighted by molar-refractivity contribution is 7.89. The number of benzene rings is 1. The van der Waals surface area contributed by atoms with E-state index >= 15 is 0 Å². The zero-order chi connectivity index (χ0) is 12.2. The van der Waals surface area contributed by atoms with Gasteiger partial charge in [0.15, 0.2) is 0 Å². The predicted molar refractivity (Wildman–Crippen MR) is 63.0 cm³/mol. The average Bonchev–Trinajstić information content (AvgIpc) is 2.25. The van der Waals surface area contributed by atoms with Gasteiger partial charge in [0.25, 0.3) is 0 Å². The maximum absolute atomic E-state index is 11.5. The van der Waals surface area contributed by atoms with Gasteiger partial charge in [-0.3, -0.25) is 0 Å². The summed E-state index contributed by atoms with van der Waals surface area (Å²) in [5, 5.41) is 15.3. The Kier molecular flexibility index (Phi) is 4.07. The lowest BCUT2D eigenvalue weighted by Gasteiger charge is -2.25. The molecule has 5 heteroatoms. The zero-order valence-electron chi connectivity index (χ0n) is 9.26. The second-order valence-electron chi connectivity index (χ2n) is 3.80. The van der Waals surface area contributed by atoms with E-state index < -0.39 is 15.0 Å². The molecule has 1 aromatic carbocycles. The standard InChI is InChI=1S/C11H17NO3S/c1-2-3-9-11(13,16(12,14)15)10-7-5-4-6-8-10/h4-8,13H,2-3,9H2,1H3,(H2,12,14,15). The summed E-state index contributed by atoms with van der Waals surface area (Å²) in [6.07, 6.45) is 1.51. The lowest BCUT2D eigenvalue weighted by Crippen LogP contribution is -2.40. The first-order chi connectivity index (χ1) is 7.42. The van der Waals surface area contributed by atoms with Crippen molar-refractivity contribution in [2.75, 3.05) is 0 Å². The van der Waals surface area contributed by atoms with Crippen LogP contribution in [0.25, 0.3) is 0 Å². The number of unbranched alkanes of at least 4 members (excludes halogenated alkanes) is 1. The van der Waals surface area contributed by atoms with Crippen molar-refractivity contribution < 1.29 is 13.5 Å². The van der Waals surface area contributed by atoms with Gasteiger partial charge in [0.2, 0.25) is 15.0 Å². The number of hydrogen-bond donors (Lipinski definition) is 2. The van der Waals surface area contributed by atoms with Crippen LogP contribution in [0.4, 0.5) is 0 Å². The highest BCUT2D eigenvalue weighted by Crippen LogP contribution is 2.30. The second kappa shape index (κ2) is 4.95. The van der Waals surface area contributed by atoms with Crippen molar-refractivity contribution in [3.05, 3.63) is 35.9 Å². The molecule has 0 aliphatic heterocycles. The monoisotopic (exact) mass is 243 g/mol. The Morgan fingerprint density at radius 3 is 2.31 bits per heavy atom. The van der Waals surface area contributed by atoms with E-state index in [2.05, 4.69) is 0 Å². The Morgan fingerprint density at radius 1 is 1.31 bits per heavy atom. The van der Waals surface area contributed by atoms with Gasteiger partial charge in [0.1, 0.15) is 0 Å². The Balaban J connectivity index is 3.16. The van der Waals surface area contributed by atoms with Crippen LogP contribution in [-0.2, 0) is 15.0 Å². The van der Waals surface area contributed by atoms with E-state index in [0.29, 0.717) is 12.0 Å². The zero-order valence-corrected chi connectivity index (χ0v) is 10.1. The number of sulfonamides is 1. The summed E-state index contributed by atoms with van der Waals surface area (Å²) in [6.45, 7) is 1.93. The Labute approximate surface area is 96.2 Å². The minimum absolute atomic E-state index is 0.117. The Bertz CT molecular complexity index is 430. The predicted octanol–water partition coefficient (Wildman–Crippen LogP) is 1.31. The van der Waals surface area contributed by atoms with Gasteiger partial charge in [-0.05, 0) is 12.8 Å². The Morgan fingerprint density at radius 2 is 1.88 bits per heavy atom. The van der Waals surface area contributed by atoms with Crippen LogP contribution in [0.1, 0.15) is 31.7 Å². The van der Waals surface area contributed by atoms with Crippen LogP contribution in [0.2, 0.25) is 0 Å². The molecule has 90 valence electrons. The van der Waals surface area contributed by atoms with Crippen molar-refractivity contribution in [2.24, 2.45) is 5.14 Å². The van der Waals surface area contributed by atoms with Crippen molar-refractivity contribution >= 4 is 10.0 Å². The van der Waals surface area contributed by atoms with Crippen LogP contribution in [0.3, 0.4) is 0 Å². The van der Waals surface area contributed by atoms with Crippen molar-refractivity contribution in [3.63, 3.8) is 0 Å². The molecule has 3 N–H and O–H groups in total. The van der Waals surface area contributed by atoms with Gasteiger partial charge < -0.3 is 5.11 Å². The van der Waals surface area contributed by atoms with E-state index in [4.69, 9.17) is 5.14 Å². The summed E-state index contributed by atoms with van der Waals surface area (Å²) < 4.78 is 23.0. The first-order valence-electron chi connectivity index (χ1n) is 5.22. The van der Waals surface area contributed by atoms with Gasteiger partial charge in [-0.25, -0.2) is 13.6 Å². The van der Waals surface area contributed by atoms with Crippen molar-refractivity contribution in [1.82, 2.24) is 0 Å². The van der Waals surface area contributed by atoms with Crippen LogP contribution in [-0.4, -0.2) is 13.5 Å². The van der Waals surface area contributed by atoms with E-state index in [0.717, 1.165) is 6.42 Å². The SMILES string of the molecule is CCCCC(O)(c1ccccc1)S(N)(=O)=O. The molecule has 0 saturated carbocycles. The van der Waals surface area contributed by atoms with Gasteiger partial charge in [0.05, 0.1) is 0 Å². The summed E-state index contributed by atoms with van der Waals surface area (Å²) >= 11 is 0. The third-order valence-corrected chi connectivity index (χ3v) is 3.95. The minimum Gasteiger partial charge on any atom is -0.370 e. The van der Waals surface area contributed by atoms with E-state index in [1.54, 1.807) is 30.3 Å². The molecule has 16 heavy (non-hydrogen) atoms. The number of aliphatic hydroxyl groups is 1. The van der Waals surface area contributed by atoms with E-state index in [1.165, 1.54) is 0 Å². The quantitative estimate of drug-likeness (QED) is 0.818. The van der Waals surface area contributed by atoms with Crippen LogP contribution >= 0.6 is 0 Å². The lowest BCUT2D eigenvalue weighted by atomic mass is 10.0. The van der Waals surface area contributed by atoms with E-state index in [1.807, 2.05) is 6.92 Å². The maximum Gasteiger partial charge on any atom is 0.243 e. The fourth-order valence-corrected chi connectivity index (χ4v) is 2.46. The van der Waals surface area contributed by atoms with Gasteiger partial charge in [-0.1, -0.05) is 43.7 Å². The normalized spacial score (nSPS) is 15.7. The molecular formula is C11H17NO3S. The number of nitrogens with two attached hydrogens (primary N) is 1. The molecule has 0 aromatic heterocycles. The smallest absolute Gasteiger partial charge is 0.243 e. The molecule has 1 atom stereocenters. The summed E-state index contributed by atoms with van der Waals surface area (Å²) in [7, 11) is -4.03.